The van der Waals surface area contributed by atoms with E-state index < -0.39 is 0 Å². The highest BCUT2D eigenvalue weighted by molar-refractivity contribution is 5.96. The van der Waals surface area contributed by atoms with Gasteiger partial charge in [0.05, 0.1) is 0 Å². The number of nitrogens with zero attached hydrogens (tertiary/aromatic N) is 1. The maximum Gasteiger partial charge on any atom is 0.123 e. The van der Waals surface area contributed by atoms with Crippen LogP contribution in [0.15, 0.2) is 24.3 Å². The van der Waals surface area contributed by atoms with Crippen molar-refractivity contribution in [3.8, 4) is 0 Å². The molecule has 1 saturated carbocycles. The van der Waals surface area contributed by atoms with Crippen molar-refractivity contribution in [2.24, 2.45) is 11.1 Å². The molecule has 1 aromatic carbocycles. The number of nitrogens with one attached hydrogen (secondary N) is 1. The molecule has 1 heterocycles. The van der Waals surface area contributed by atoms with Crippen LogP contribution >= 0.6 is 0 Å². The van der Waals surface area contributed by atoms with Gasteiger partial charge >= 0.3 is 0 Å². The first kappa shape index (κ1) is 13.6. The van der Waals surface area contributed by atoms with Gasteiger partial charge in [0.2, 0.25) is 0 Å². The average molecular weight is 271 g/mol. The molecule has 0 unspecified atom stereocenters. The van der Waals surface area contributed by atoms with Crippen molar-refractivity contribution in [1.82, 2.24) is 4.90 Å². The van der Waals surface area contributed by atoms with Crippen molar-refractivity contribution < 1.29 is 0 Å². The summed E-state index contributed by atoms with van der Waals surface area (Å²) in [7, 11) is 0. The molecule has 0 radical (unpaired) electrons. The van der Waals surface area contributed by atoms with Gasteiger partial charge in [0.1, 0.15) is 5.84 Å². The second-order valence-corrected chi connectivity index (χ2v) is 6.55. The van der Waals surface area contributed by atoms with Gasteiger partial charge in [-0.05, 0) is 49.8 Å². The molecule has 20 heavy (non-hydrogen) atoms. The molecule has 3 rings (SSSR count). The standard InChI is InChI=1S/C17H25N3/c18-16(19)15-6-2-1-5-14(15)13-20-11-9-17(10-12-20)7-3-4-8-17/h1-2,5-6H,3-4,7-13H2,(H3,18,19). The van der Waals surface area contributed by atoms with Crippen LogP contribution in [0.2, 0.25) is 0 Å². The highest BCUT2D eigenvalue weighted by atomic mass is 15.1. The van der Waals surface area contributed by atoms with Crippen LogP contribution in [-0.4, -0.2) is 23.8 Å². The molecule has 1 aromatic rings. The fraction of sp³-hybridized carbons (Fsp3) is 0.588. The monoisotopic (exact) mass is 271 g/mol. The van der Waals surface area contributed by atoms with Crippen molar-refractivity contribution in [3.63, 3.8) is 0 Å². The first-order valence-corrected chi connectivity index (χ1v) is 7.83. The summed E-state index contributed by atoms with van der Waals surface area (Å²) in [6.07, 6.45) is 8.49. The summed E-state index contributed by atoms with van der Waals surface area (Å²) in [4.78, 5) is 2.53. The average Bonchev–Trinajstić information content (AvgIpc) is 2.90. The third-order valence-corrected chi connectivity index (χ3v) is 5.28. The van der Waals surface area contributed by atoms with Crippen molar-refractivity contribution in [2.75, 3.05) is 13.1 Å². The minimum Gasteiger partial charge on any atom is -0.384 e. The van der Waals surface area contributed by atoms with Crippen LogP contribution in [0, 0.1) is 10.8 Å². The van der Waals surface area contributed by atoms with Gasteiger partial charge in [0.15, 0.2) is 0 Å². The van der Waals surface area contributed by atoms with E-state index in [-0.39, 0.29) is 5.84 Å². The molecule has 1 spiro atoms. The molecule has 0 aromatic heterocycles. The third-order valence-electron chi connectivity index (χ3n) is 5.28. The fourth-order valence-corrected chi connectivity index (χ4v) is 3.97. The van der Waals surface area contributed by atoms with Crippen LogP contribution in [0.1, 0.15) is 49.7 Å². The van der Waals surface area contributed by atoms with Crippen LogP contribution in [0.3, 0.4) is 0 Å². The molecule has 1 aliphatic carbocycles. The SMILES string of the molecule is N=C(N)c1ccccc1CN1CCC2(CCCC2)CC1. The Morgan fingerprint density at radius 2 is 1.75 bits per heavy atom. The zero-order valence-corrected chi connectivity index (χ0v) is 12.2. The van der Waals surface area contributed by atoms with Gasteiger partial charge in [0.25, 0.3) is 0 Å². The highest BCUT2D eigenvalue weighted by Crippen LogP contribution is 2.46. The Labute approximate surface area is 121 Å². The Hall–Kier alpha value is -1.35. The molecular formula is C17H25N3. The number of hydrogen-bond donors (Lipinski definition) is 2. The minimum atomic E-state index is 0.185. The Balaban J connectivity index is 1.64. The second kappa shape index (κ2) is 5.57. The van der Waals surface area contributed by atoms with Crippen molar-refractivity contribution in [3.05, 3.63) is 35.4 Å². The molecule has 0 bridgehead atoms. The number of likely N-dealkylation sites (tertiary alicyclic amines) is 1. The van der Waals surface area contributed by atoms with E-state index in [2.05, 4.69) is 11.0 Å². The van der Waals surface area contributed by atoms with E-state index in [0.29, 0.717) is 5.41 Å². The number of rotatable bonds is 3. The molecule has 0 amide bonds. The number of benzene rings is 1. The maximum absolute atomic E-state index is 7.68. The molecule has 3 nitrogen and oxygen atoms in total. The quantitative estimate of drug-likeness (QED) is 0.655. The second-order valence-electron chi connectivity index (χ2n) is 6.55. The van der Waals surface area contributed by atoms with E-state index in [1.165, 1.54) is 57.2 Å². The van der Waals surface area contributed by atoms with Crippen LogP contribution < -0.4 is 5.73 Å². The third kappa shape index (κ3) is 2.73. The number of hydrogen-bond acceptors (Lipinski definition) is 2. The molecule has 108 valence electrons. The fourth-order valence-electron chi connectivity index (χ4n) is 3.97. The summed E-state index contributed by atoms with van der Waals surface area (Å²) in [5.74, 6) is 0.185. The molecule has 3 N–H and O–H groups in total. The van der Waals surface area contributed by atoms with Gasteiger partial charge in [-0.3, -0.25) is 10.3 Å². The topological polar surface area (TPSA) is 53.1 Å². The molecule has 1 saturated heterocycles. The van der Waals surface area contributed by atoms with E-state index in [9.17, 15) is 0 Å². The zero-order chi connectivity index (χ0) is 14.0. The lowest BCUT2D eigenvalue weighted by Gasteiger charge is -2.39. The largest absolute Gasteiger partial charge is 0.384 e. The summed E-state index contributed by atoms with van der Waals surface area (Å²) in [6, 6.07) is 8.07. The van der Waals surface area contributed by atoms with E-state index >= 15 is 0 Å². The Morgan fingerprint density at radius 1 is 1.10 bits per heavy atom. The highest BCUT2D eigenvalue weighted by Gasteiger charge is 2.36. The van der Waals surface area contributed by atoms with Gasteiger partial charge in [-0.15, -0.1) is 0 Å². The Bertz CT molecular complexity index is 479. The lowest BCUT2D eigenvalue weighted by atomic mass is 9.77. The van der Waals surface area contributed by atoms with Gasteiger partial charge < -0.3 is 5.73 Å². The normalized spacial score (nSPS) is 22.2. The summed E-state index contributed by atoms with van der Waals surface area (Å²) in [6.45, 7) is 3.34. The molecule has 3 heteroatoms. The number of piperidine rings is 1. The van der Waals surface area contributed by atoms with E-state index in [4.69, 9.17) is 11.1 Å². The summed E-state index contributed by atoms with van der Waals surface area (Å²) in [5.41, 5.74) is 8.45. The molecule has 2 fully saturated rings. The van der Waals surface area contributed by atoms with Crippen LogP contribution in [0.4, 0.5) is 0 Å². The zero-order valence-electron chi connectivity index (χ0n) is 12.2. The van der Waals surface area contributed by atoms with E-state index in [1.54, 1.807) is 0 Å². The van der Waals surface area contributed by atoms with Crippen molar-refractivity contribution >= 4 is 5.84 Å². The summed E-state index contributed by atoms with van der Waals surface area (Å²) in [5, 5.41) is 7.68. The minimum absolute atomic E-state index is 0.185. The molecule has 2 aliphatic rings. The summed E-state index contributed by atoms with van der Waals surface area (Å²) < 4.78 is 0. The van der Waals surface area contributed by atoms with Crippen LogP contribution in [-0.2, 0) is 6.54 Å². The molecule has 0 atom stereocenters. The van der Waals surface area contributed by atoms with Gasteiger partial charge in [-0.2, -0.15) is 0 Å². The lowest BCUT2D eigenvalue weighted by molar-refractivity contribution is 0.103. The van der Waals surface area contributed by atoms with Gasteiger partial charge in [0, 0.05) is 12.1 Å². The van der Waals surface area contributed by atoms with Crippen LogP contribution in [0.25, 0.3) is 0 Å². The van der Waals surface area contributed by atoms with Gasteiger partial charge in [-0.25, -0.2) is 0 Å². The Morgan fingerprint density at radius 3 is 2.40 bits per heavy atom. The first-order chi connectivity index (χ1) is 9.69. The molecular weight excluding hydrogens is 246 g/mol. The smallest absolute Gasteiger partial charge is 0.123 e. The number of amidine groups is 1. The first-order valence-electron chi connectivity index (χ1n) is 7.83. The summed E-state index contributed by atoms with van der Waals surface area (Å²) >= 11 is 0. The van der Waals surface area contributed by atoms with Gasteiger partial charge in [-0.1, -0.05) is 37.1 Å². The van der Waals surface area contributed by atoms with E-state index in [1.807, 2.05) is 18.2 Å². The Kier molecular flexibility index (Phi) is 3.79. The predicted octanol–water partition coefficient (Wildman–Crippen LogP) is 3.13. The predicted molar refractivity (Wildman–Crippen MR) is 82.9 cm³/mol. The number of nitrogens with two attached hydrogens (primary N) is 1. The number of nitrogen functional groups attached to an aromatic ring is 1. The van der Waals surface area contributed by atoms with Crippen molar-refractivity contribution in [1.29, 1.82) is 5.41 Å². The van der Waals surface area contributed by atoms with Crippen LogP contribution in [0.5, 0.6) is 0 Å². The van der Waals surface area contributed by atoms with E-state index in [0.717, 1.165) is 12.1 Å². The lowest BCUT2D eigenvalue weighted by Crippen LogP contribution is -2.38. The molecule has 1 aliphatic heterocycles. The van der Waals surface area contributed by atoms with Crippen molar-refractivity contribution in [2.45, 2.75) is 45.1 Å². The maximum atomic E-state index is 7.68.